The van der Waals surface area contributed by atoms with E-state index in [1.165, 1.54) is 17.0 Å². The average Bonchev–Trinajstić information content (AvgIpc) is 3.16. The molecular weight excluding hydrogens is 482 g/mol. The lowest BCUT2D eigenvalue weighted by Crippen LogP contribution is -2.45. The molecule has 0 unspecified atom stereocenters. The molecule has 0 saturated carbocycles. The third kappa shape index (κ3) is 6.79. The quantitative estimate of drug-likeness (QED) is 0.346. The molecule has 174 valence electrons. The van der Waals surface area contributed by atoms with E-state index in [0.29, 0.717) is 28.7 Å². The van der Waals surface area contributed by atoms with Crippen LogP contribution in [0.5, 0.6) is 0 Å². The summed E-state index contributed by atoms with van der Waals surface area (Å²) in [5.41, 5.74) is 2.23. The lowest BCUT2D eigenvalue weighted by molar-refractivity contribution is -0.133. The lowest BCUT2D eigenvalue weighted by atomic mass is 10.1. The average molecular weight is 507 g/mol. The number of aryl methyl sites for hydroxylation is 1. The molecule has 2 aromatic carbocycles. The summed E-state index contributed by atoms with van der Waals surface area (Å²) in [7, 11) is 0. The molecule has 2 amide bonds. The highest BCUT2D eigenvalue weighted by molar-refractivity contribution is 7.10. The molecule has 0 aliphatic carbocycles. The molecule has 0 spiro atoms. The molecule has 1 heterocycles. The van der Waals surface area contributed by atoms with E-state index in [0.717, 1.165) is 16.0 Å². The van der Waals surface area contributed by atoms with Crippen LogP contribution >= 0.6 is 34.5 Å². The summed E-state index contributed by atoms with van der Waals surface area (Å²) in [6, 6.07) is 12.5. The molecule has 8 heteroatoms. The fourth-order valence-electron chi connectivity index (χ4n) is 3.36. The summed E-state index contributed by atoms with van der Waals surface area (Å²) < 4.78 is 13.4. The first kappa shape index (κ1) is 25.2. The third-order valence-corrected chi connectivity index (χ3v) is 6.69. The van der Waals surface area contributed by atoms with Gasteiger partial charge >= 0.3 is 0 Å². The van der Waals surface area contributed by atoms with Crippen molar-refractivity contribution in [1.29, 1.82) is 0 Å². The summed E-state index contributed by atoms with van der Waals surface area (Å²) in [6.45, 7) is 6.31. The number of halogens is 3. The maximum atomic E-state index is 13.4. The first-order valence-corrected chi connectivity index (χ1v) is 12.1. The molecule has 0 aliphatic rings. The van der Waals surface area contributed by atoms with Gasteiger partial charge in [0.05, 0.1) is 6.54 Å². The number of benzene rings is 2. The molecule has 0 aliphatic heterocycles. The number of rotatable bonds is 8. The van der Waals surface area contributed by atoms with Gasteiger partial charge < -0.3 is 9.80 Å². The zero-order chi connectivity index (χ0) is 24.1. The van der Waals surface area contributed by atoms with Crippen molar-refractivity contribution in [3.8, 4) is 0 Å². The summed E-state index contributed by atoms with van der Waals surface area (Å²) in [5.74, 6) is -0.860. The first-order valence-electron chi connectivity index (χ1n) is 10.5. The van der Waals surface area contributed by atoms with Crippen LogP contribution in [0.3, 0.4) is 0 Å². The van der Waals surface area contributed by atoms with Gasteiger partial charge in [-0.3, -0.25) is 9.59 Å². The maximum absolute atomic E-state index is 13.4. The molecule has 0 saturated heterocycles. The third-order valence-electron chi connectivity index (χ3n) is 5.24. The van der Waals surface area contributed by atoms with Crippen LogP contribution < -0.4 is 0 Å². The number of carbonyl (C=O) groups is 2. The van der Waals surface area contributed by atoms with E-state index in [2.05, 4.69) is 0 Å². The van der Waals surface area contributed by atoms with Crippen LogP contribution in [-0.2, 0) is 17.9 Å². The smallest absolute Gasteiger partial charge is 0.254 e. The highest BCUT2D eigenvalue weighted by atomic mass is 35.5. The second-order valence-corrected chi connectivity index (χ2v) is 9.96. The van der Waals surface area contributed by atoms with Crippen molar-refractivity contribution in [2.45, 2.75) is 39.9 Å². The molecule has 1 aromatic heterocycles. The van der Waals surface area contributed by atoms with Gasteiger partial charge in [0.1, 0.15) is 12.4 Å². The fraction of sp³-hybridized carbons (Fsp3) is 0.280. The molecule has 3 rings (SSSR count). The predicted molar refractivity (Wildman–Crippen MR) is 132 cm³/mol. The molecule has 0 radical (unpaired) electrons. The molecule has 0 atom stereocenters. The summed E-state index contributed by atoms with van der Waals surface area (Å²) in [5, 5.41) is 2.69. The Morgan fingerprint density at radius 2 is 1.64 bits per heavy atom. The molecule has 33 heavy (non-hydrogen) atoms. The molecule has 4 nitrogen and oxygen atoms in total. The van der Waals surface area contributed by atoms with Crippen molar-refractivity contribution in [3.05, 3.63) is 91.3 Å². The van der Waals surface area contributed by atoms with Crippen LogP contribution in [0.4, 0.5) is 4.39 Å². The molecule has 3 aromatic rings. The lowest BCUT2D eigenvalue weighted by Gasteiger charge is -2.30. The largest absolute Gasteiger partial charge is 0.332 e. The van der Waals surface area contributed by atoms with E-state index >= 15 is 0 Å². The topological polar surface area (TPSA) is 40.6 Å². The van der Waals surface area contributed by atoms with Gasteiger partial charge in [0.2, 0.25) is 5.91 Å². The Morgan fingerprint density at radius 3 is 2.18 bits per heavy atom. The van der Waals surface area contributed by atoms with E-state index in [1.807, 2.05) is 32.2 Å². The van der Waals surface area contributed by atoms with E-state index in [-0.39, 0.29) is 30.2 Å². The fourth-order valence-corrected chi connectivity index (χ4v) is 4.81. The van der Waals surface area contributed by atoms with Gasteiger partial charge in [0.15, 0.2) is 0 Å². The number of hydrogen-bond acceptors (Lipinski definition) is 3. The van der Waals surface area contributed by atoms with Crippen LogP contribution in [0, 0.1) is 12.7 Å². The van der Waals surface area contributed by atoms with E-state index in [4.69, 9.17) is 23.2 Å². The predicted octanol–water partition coefficient (Wildman–Crippen LogP) is 6.58. The number of nitrogens with zero attached hydrogens (tertiary/aromatic N) is 2. The Bertz CT molecular complexity index is 1110. The van der Waals surface area contributed by atoms with Crippen LogP contribution in [0.25, 0.3) is 0 Å². The Labute approximate surface area is 207 Å². The molecular formula is C25H25Cl2FN2O2S. The van der Waals surface area contributed by atoms with E-state index < -0.39 is 0 Å². The van der Waals surface area contributed by atoms with Gasteiger partial charge in [-0.15, -0.1) is 11.3 Å². The summed E-state index contributed by atoms with van der Waals surface area (Å²) in [4.78, 5) is 30.9. The van der Waals surface area contributed by atoms with Crippen molar-refractivity contribution in [1.82, 2.24) is 9.80 Å². The normalized spacial score (nSPS) is 11.0. The van der Waals surface area contributed by atoms with Crippen LogP contribution in [0.1, 0.15) is 40.2 Å². The summed E-state index contributed by atoms with van der Waals surface area (Å²) >= 11 is 13.7. The summed E-state index contributed by atoms with van der Waals surface area (Å²) in [6.07, 6.45) is 0. The van der Waals surface area contributed by atoms with Gasteiger partial charge in [0.25, 0.3) is 5.91 Å². The Morgan fingerprint density at radius 1 is 1.00 bits per heavy atom. The van der Waals surface area contributed by atoms with Crippen molar-refractivity contribution >= 4 is 46.4 Å². The minimum absolute atomic E-state index is 0.105. The second-order valence-electron chi connectivity index (χ2n) is 8.09. The second kappa shape index (κ2) is 11.1. The zero-order valence-electron chi connectivity index (χ0n) is 18.6. The Hall–Kier alpha value is -2.41. The monoisotopic (exact) mass is 506 g/mol. The van der Waals surface area contributed by atoms with Crippen LogP contribution in [0.15, 0.2) is 53.9 Å². The van der Waals surface area contributed by atoms with Gasteiger partial charge in [-0.25, -0.2) is 4.39 Å². The number of amides is 2. The van der Waals surface area contributed by atoms with Gasteiger partial charge in [0, 0.05) is 33.1 Å². The number of hydrogen-bond donors (Lipinski definition) is 0. The Balaban J connectivity index is 1.85. The van der Waals surface area contributed by atoms with E-state index in [9.17, 15) is 14.0 Å². The highest BCUT2D eigenvalue weighted by Gasteiger charge is 2.25. The Kier molecular flexibility index (Phi) is 8.51. The van der Waals surface area contributed by atoms with Crippen molar-refractivity contribution in [2.75, 3.05) is 6.54 Å². The molecule has 0 fully saturated rings. The van der Waals surface area contributed by atoms with Crippen LogP contribution in [0.2, 0.25) is 10.0 Å². The van der Waals surface area contributed by atoms with Crippen molar-refractivity contribution < 1.29 is 14.0 Å². The number of carbonyl (C=O) groups excluding carboxylic acids is 2. The van der Waals surface area contributed by atoms with Crippen LogP contribution in [-0.4, -0.2) is 34.2 Å². The van der Waals surface area contributed by atoms with E-state index in [1.54, 1.807) is 46.6 Å². The standard InChI is InChI=1S/C25H25Cl2FN2O2S/c1-16(2)30(25(32)19-10-20(26)12-21(27)11-19)15-24(31)29(14-23-17(3)8-9-33-23)13-18-4-6-22(28)7-5-18/h4-12,16H,13-15H2,1-3H3. The zero-order valence-corrected chi connectivity index (χ0v) is 21.0. The number of thiophene rings is 1. The highest BCUT2D eigenvalue weighted by Crippen LogP contribution is 2.22. The van der Waals surface area contributed by atoms with Gasteiger partial charge in [-0.1, -0.05) is 35.3 Å². The van der Waals surface area contributed by atoms with Crippen molar-refractivity contribution in [2.24, 2.45) is 0 Å². The molecule has 0 N–H and O–H groups in total. The minimum atomic E-state index is -0.331. The minimum Gasteiger partial charge on any atom is -0.332 e. The maximum Gasteiger partial charge on any atom is 0.254 e. The van der Waals surface area contributed by atoms with Crippen molar-refractivity contribution in [3.63, 3.8) is 0 Å². The van der Waals surface area contributed by atoms with Gasteiger partial charge in [-0.05, 0) is 73.7 Å². The van der Waals surface area contributed by atoms with Gasteiger partial charge in [-0.2, -0.15) is 0 Å². The first-order chi connectivity index (χ1) is 15.6. The SMILES string of the molecule is Cc1ccsc1CN(Cc1ccc(F)cc1)C(=O)CN(C(=O)c1cc(Cl)cc(Cl)c1)C(C)C. The molecule has 0 bridgehead atoms.